The van der Waals surface area contributed by atoms with E-state index in [1.165, 1.54) is 6.08 Å². The standard InChI is InChI=1S/C27H31F3N2O5/c1-17(20-12-21(31)14-22(32)13-20)15-35-25(33)11-4-18-2-7-24(8-3-18)37-26(34)19-5-9-23(10-6-19)36-16-27(28,29)30/h2-4,7-8,11-14,17,19,23H,5-6,9-10,15-16,31-32H2,1H3/b11-4+. The van der Waals surface area contributed by atoms with E-state index in [0.29, 0.717) is 48.4 Å². The van der Waals surface area contributed by atoms with Crippen LogP contribution in [0.1, 0.15) is 49.7 Å². The van der Waals surface area contributed by atoms with Crippen LogP contribution >= 0.6 is 0 Å². The van der Waals surface area contributed by atoms with E-state index in [2.05, 4.69) is 0 Å². The minimum Gasteiger partial charge on any atom is -0.462 e. The molecule has 0 saturated heterocycles. The monoisotopic (exact) mass is 520 g/mol. The lowest BCUT2D eigenvalue weighted by atomic mass is 9.87. The predicted molar refractivity (Wildman–Crippen MR) is 134 cm³/mol. The Kier molecular flexibility index (Phi) is 9.57. The Hall–Kier alpha value is -3.53. The number of alkyl halides is 3. The summed E-state index contributed by atoms with van der Waals surface area (Å²) < 4.78 is 52.4. The van der Waals surface area contributed by atoms with Crippen molar-refractivity contribution in [1.29, 1.82) is 0 Å². The summed E-state index contributed by atoms with van der Waals surface area (Å²) in [5, 5.41) is 0. The van der Waals surface area contributed by atoms with Gasteiger partial charge in [-0.1, -0.05) is 19.1 Å². The molecular formula is C27H31F3N2O5. The molecule has 10 heteroatoms. The van der Waals surface area contributed by atoms with Gasteiger partial charge in [0.15, 0.2) is 0 Å². The van der Waals surface area contributed by atoms with Gasteiger partial charge in [-0.05, 0) is 73.2 Å². The van der Waals surface area contributed by atoms with Gasteiger partial charge in [0.1, 0.15) is 12.4 Å². The molecule has 0 amide bonds. The van der Waals surface area contributed by atoms with E-state index in [1.54, 1.807) is 48.5 Å². The van der Waals surface area contributed by atoms with E-state index in [0.717, 1.165) is 5.56 Å². The Morgan fingerprint density at radius 3 is 2.24 bits per heavy atom. The Labute approximate surface area is 213 Å². The molecule has 0 spiro atoms. The fraction of sp³-hybridized carbons (Fsp3) is 0.407. The first kappa shape index (κ1) is 28.0. The molecule has 0 bridgehead atoms. The van der Waals surface area contributed by atoms with Gasteiger partial charge in [0.2, 0.25) is 0 Å². The number of rotatable bonds is 9. The molecular weight excluding hydrogens is 489 g/mol. The number of ether oxygens (including phenoxy) is 3. The average Bonchev–Trinajstić information content (AvgIpc) is 2.85. The maximum Gasteiger partial charge on any atom is 0.411 e. The number of hydrogen-bond donors (Lipinski definition) is 2. The molecule has 1 aliphatic carbocycles. The molecule has 200 valence electrons. The van der Waals surface area contributed by atoms with Crippen molar-refractivity contribution in [2.45, 2.75) is 50.8 Å². The summed E-state index contributed by atoms with van der Waals surface area (Å²) in [7, 11) is 0. The van der Waals surface area contributed by atoms with Crippen molar-refractivity contribution in [2.75, 3.05) is 24.7 Å². The van der Waals surface area contributed by atoms with E-state index >= 15 is 0 Å². The first-order chi connectivity index (χ1) is 17.5. The van der Waals surface area contributed by atoms with Crippen LogP contribution in [0, 0.1) is 5.92 Å². The summed E-state index contributed by atoms with van der Waals surface area (Å²) in [5.41, 5.74) is 14.3. The molecule has 2 aromatic carbocycles. The summed E-state index contributed by atoms with van der Waals surface area (Å²) in [4.78, 5) is 24.5. The number of carbonyl (C=O) groups excluding carboxylic acids is 2. The maximum absolute atomic E-state index is 12.4. The van der Waals surface area contributed by atoms with Crippen LogP contribution in [-0.2, 0) is 19.1 Å². The van der Waals surface area contributed by atoms with Crippen molar-refractivity contribution >= 4 is 29.4 Å². The number of halogens is 3. The van der Waals surface area contributed by atoms with Crippen molar-refractivity contribution in [3.63, 3.8) is 0 Å². The molecule has 0 heterocycles. The number of nitrogens with two attached hydrogens (primary N) is 2. The molecule has 1 fully saturated rings. The molecule has 1 unspecified atom stereocenters. The number of carbonyl (C=O) groups is 2. The van der Waals surface area contributed by atoms with Gasteiger partial charge in [-0.15, -0.1) is 0 Å². The van der Waals surface area contributed by atoms with E-state index in [9.17, 15) is 22.8 Å². The number of hydrogen-bond acceptors (Lipinski definition) is 7. The molecule has 2 aromatic rings. The molecule has 0 aliphatic heterocycles. The Morgan fingerprint density at radius 1 is 1.03 bits per heavy atom. The fourth-order valence-corrected chi connectivity index (χ4v) is 4.03. The van der Waals surface area contributed by atoms with Gasteiger partial charge in [-0.3, -0.25) is 4.79 Å². The Bertz CT molecular complexity index is 1070. The van der Waals surface area contributed by atoms with Crippen molar-refractivity contribution in [1.82, 2.24) is 0 Å². The summed E-state index contributed by atoms with van der Waals surface area (Å²) in [6.45, 7) is 0.791. The summed E-state index contributed by atoms with van der Waals surface area (Å²) in [6, 6.07) is 11.8. The highest BCUT2D eigenvalue weighted by Crippen LogP contribution is 2.29. The third kappa shape index (κ3) is 9.45. The zero-order valence-corrected chi connectivity index (χ0v) is 20.5. The second-order valence-electron chi connectivity index (χ2n) is 9.19. The van der Waals surface area contributed by atoms with E-state index < -0.39 is 30.8 Å². The van der Waals surface area contributed by atoms with Crippen LogP contribution < -0.4 is 16.2 Å². The van der Waals surface area contributed by atoms with Crippen molar-refractivity contribution < 1.29 is 37.0 Å². The van der Waals surface area contributed by atoms with Gasteiger partial charge in [-0.25, -0.2) is 4.79 Å². The van der Waals surface area contributed by atoms with Crippen molar-refractivity contribution in [3.05, 3.63) is 59.7 Å². The second kappa shape index (κ2) is 12.6. The summed E-state index contributed by atoms with van der Waals surface area (Å²) in [5.74, 6) is -1.05. The highest BCUT2D eigenvalue weighted by atomic mass is 19.4. The van der Waals surface area contributed by atoms with Gasteiger partial charge in [0.05, 0.1) is 18.6 Å². The molecule has 4 N–H and O–H groups in total. The van der Waals surface area contributed by atoms with Gasteiger partial charge >= 0.3 is 18.1 Å². The third-order valence-corrected chi connectivity index (χ3v) is 6.05. The minimum absolute atomic E-state index is 0.0837. The minimum atomic E-state index is -4.36. The lowest BCUT2D eigenvalue weighted by molar-refractivity contribution is -0.189. The van der Waals surface area contributed by atoms with Crippen molar-refractivity contribution in [3.8, 4) is 5.75 Å². The zero-order chi connectivity index (χ0) is 27.0. The highest BCUT2D eigenvalue weighted by Gasteiger charge is 2.32. The first-order valence-electron chi connectivity index (χ1n) is 12.0. The predicted octanol–water partition coefficient (Wildman–Crippen LogP) is 5.25. The second-order valence-corrected chi connectivity index (χ2v) is 9.19. The topological polar surface area (TPSA) is 114 Å². The van der Waals surface area contributed by atoms with Crippen molar-refractivity contribution in [2.24, 2.45) is 5.92 Å². The molecule has 37 heavy (non-hydrogen) atoms. The first-order valence-corrected chi connectivity index (χ1v) is 12.0. The van der Waals surface area contributed by atoms with Crippen LogP contribution in [0.3, 0.4) is 0 Å². The van der Waals surface area contributed by atoms with E-state index in [-0.39, 0.29) is 18.4 Å². The molecule has 3 rings (SSSR count). The number of nitrogen functional groups attached to an aromatic ring is 2. The van der Waals surface area contributed by atoms with E-state index in [1.807, 2.05) is 6.92 Å². The molecule has 7 nitrogen and oxygen atoms in total. The summed E-state index contributed by atoms with van der Waals surface area (Å²) in [6.07, 6.45) is -0.391. The van der Waals surface area contributed by atoms with Gasteiger partial charge in [0.25, 0.3) is 0 Å². The average molecular weight is 521 g/mol. The van der Waals surface area contributed by atoms with Gasteiger partial charge in [-0.2, -0.15) is 13.2 Å². The van der Waals surface area contributed by atoms with Crippen LogP contribution in [0.5, 0.6) is 5.75 Å². The Balaban J connectivity index is 1.41. The molecule has 1 aliphatic rings. The third-order valence-electron chi connectivity index (χ3n) is 6.05. The van der Waals surface area contributed by atoms with E-state index in [4.69, 9.17) is 25.7 Å². The smallest absolute Gasteiger partial charge is 0.411 e. The normalized spacial score (nSPS) is 18.9. The molecule has 1 atom stereocenters. The molecule has 0 radical (unpaired) electrons. The van der Waals surface area contributed by atoms with Crippen LogP contribution in [0.15, 0.2) is 48.5 Å². The molecule has 1 saturated carbocycles. The fourth-order valence-electron chi connectivity index (χ4n) is 4.03. The summed E-state index contributed by atoms with van der Waals surface area (Å²) >= 11 is 0. The van der Waals surface area contributed by atoms with Crippen LogP contribution in [0.2, 0.25) is 0 Å². The lowest BCUT2D eigenvalue weighted by Gasteiger charge is -2.27. The highest BCUT2D eigenvalue weighted by molar-refractivity contribution is 5.87. The number of esters is 2. The van der Waals surface area contributed by atoms with Crippen LogP contribution in [0.4, 0.5) is 24.5 Å². The van der Waals surface area contributed by atoms with Gasteiger partial charge in [0, 0.05) is 23.4 Å². The largest absolute Gasteiger partial charge is 0.462 e. The van der Waals surface area contributed by atoms with Crippen LogP contribution in [0.25, 0.3) is 6.08 Å². The Morgan fingerprint density at radius 2 is 1.65 bits per heavy atom. The number of benzene rings is 2. The SMILES string of the molecule is CC(COC(=O)/C=C/c1ccc(OC(=O)C2CCC(OCC(F)(F)F)CC2)cc1)c1cc(N)cc(N)c1. The van der Waals surface area contributed by atoms with Gasteiger partial charge < -0.3 is 25.7 Å². The quantitative estimate of drug-likeness (QED) is 0.201. The van der Waals surface area contributed by atoms with Crippen LogP contribution in [-0.4, -0.2) is 37.4 Å². The maximum atomic E-state index is 12.4. The number of anilines is 2. The lowest BCUT2D eigenvalue weighted by Crippen LogP contribution is -2.31. The zero-order valence-electron chi connectivity index (χ0n) is 20.5. The molecule has 0 aromatic heterocycles.